The van der Waals surface area contributed by atoms with Crippen LogP contribution in [0.15, 0.2) is 60.7 Å². The summed E-state index contributed by atoms with van der Waals surface area (Å²) in [6.45, 7) is 1.74. The summed E-state index contributed by atoms with van der Waals surface area (Å²) in [5, 5.41) is 3.79. The Balaban J connectivity index is 1.67. The zero-order valence-electron chi connectivity index (χ0n) is 12.4. The second-order valence-electron chi connectivity index (χ2n) is 5.80. The Labute approximate surface area is 127 Å². The predicted octanol–water partition coefficient (Wildman–Crippen LogP) is 3.22. The highest BCUT2D eigenvalue weighted by atomic mass is 16.5. The van der Waals surface area contributed by atoms with E-state index < -0.39 is 0 Å². The summed E-state index contributed by atoms with van der Waals surface area (Å²) in [5.41, 5.74) is 2.79. The van der Waals surface area contributed by atoms with E-state index in [0.717, 1.165) is 32.5 Å². The summed E-state index contributed by atoms with van der Waals surface area (Å²) >= 11 is 0. The van der Waals surface area contributed by atoms with Crippen molar-refractivity contribution in [3.05, 3.63) is 71.8 Å². The monoisotopic (exact) mass is 281 g/mol. The molecule has 1 atom stereocenters. The van der Waals surface area contributed by atoms with Crippen molar-refractivity contribution in [1.29, 1.82) is 0 Å². The van der Waals surface area contributed by atoms with Crippen molar-refractivity contribution in [2.45, 2.75) is 31.3 Å². The van der Waals surface area contributed by atoms with Crippen LogP contribution in [0.25, 0.3) is 0 Å². The average molecular weight is 281 g/mol. The highest BCUT2D eigenvalue weighted by Gasteiger charge is 2.20. The first kappa shape index (κ1) is 14.3. The van der Waals surface area contributed by atoms with E-state index in [9.17, 15) is 0 Å². The largest absolute Gasteiger partial charge is 0.380 e. The zero-order chi connectivity index (χ0) is 14.3. The molecule has 1 heterocycles. The van der Waals surface area contributed by atoms with Gasteiger partial charge in [-0.05, 0) is 30.4 Å². The molecule has 0 aliphatic carbocycles. The van der Waals surface area contributed by atoms with Crippen molar-refractivity contribution in [1.82, 2.24) is 5.32 Å². The average Bonchev–Trinajstić information content (AvgIpc) is 3.02. The van der Waals surface area contributed by atoms with Gasteiger partial charge < -0.3 is 10.1 Å². The van der Waals surface area contributed by atoms with E-state index in [2.05, 4.69) is 66.0 Å². The van der Waals surface area contributed by atoms with Crippen LogP contribution >= 0.6 is 0 Å². The van der Waals surface area contributed by atoms with Gasteiger partial charge >= 0.3 is 0 Å². The summed E-state index contributed by atoms with van der Waals surface area (Å²) in [6.07, 6.45) is 3.25. The molecule has 110 valence electrons. The van der Waals surface area contributed by atoms with E-state index in [4.69, 9.17) is 4.74 Å². The summed E-state index contributed by atoms with van der Waals surface area (Å²) < 4.78 is 5.50. The predicted molar refractivity (Wildman–Crippen MR) is 86.4 cm³/mol. The van der Waals surface area contributed by atoms with E-state index in [0.29, 0.717) is 12.1 Å². The van der Waals surface area contributed by atoms with Crippen molar-refractivity contribution >= 4 is 0 Å². The summed E-state index contributed by atoms with van der Waals surface area (Å²) in [7, 11) is 0. The van der Waals surface area contributed by atoms with Crippen LogP contribution in [0.1, 0.15) is 17.5 Å². The number of benzene rings is 2. The topological polar surface area (TPSA) is 21.3 Å². The van der Waals surface area contributed by atoms with Crippen LogP contribution in [-0.4, -0.2) is 25.3 Å². The first-order chi connectivity index (χ1) is 10.4. The maximum absolute atomic E-state index is 5.50. The van der Waals surface area contributed by atoms with Crippen molar-refractivity contribution in [3.63, 3.8) is 0 Å². The van der Waals surface area contributed by atoms with Gasteiger partial charge in [0.05, 0.1) is 6.61 Å². The lowest BCUT2D eigenvalue weighted by molar-refractivity contribution is 0.187. The van der Waals surface area contributed by atoms with Crippen molar-refractivity contribution in [2.24, 2.45) is 0 Å². The van der Waals surface area contributed by atoms with Crippen LogP contribution in [0.5, 0.6) is 0 Å². The number of hydrogen-bond donors (Lipinski definition) is 1. The molecule has 21 heavy (non-hydrogen) atoms. The Bertz CT molecular complexity index is 478. The lowest BCUT2D eigenvalue weighted by Gasteiger charge is -2.22. The number of ether oxygens (including phenoxy) is 1. The maximum atomic E-state index is 5.50. The fourth-order valence-electron chi connectivity index (χ4n) is 2.99. The second-order valence-corrected chi connectivity index (χ2v) is 5.80. The fraction of sp³-hybridized carbons (Fsp3) is 0.368. The lowest BCUT2D eigenvalue weighted by atomic mass is 9.98. The molecule has 1 unspecified atom stereocenters. The number of hydrogen-bond acceptors (Lipinski definition) is 2. The smallest absolute Gasteiger partial charge is 0.0620 e. The van der Waals surface area contributed by atoms with Crippen LogP contribution in [0, 0.1) is 0 Å². The molecule has 1 aliphatic heterocycles. The van der Waals surface area contributed by atoms with Crippen LogP contribution in [-0.2, 0) is 17.6 Å². The third kappa shape index (κ3) is 4.42. The first-order valence-corrected chi connectivity index (χ1v) is 7.82. The molecule has 2 aromatic rings. The van der Waals surface area contributed by atoms with Gasteiger partial charge in [-0.3, -0.25) is 0 Å². The SMILES string of the molecule is c1ccc(CC(Cc2ccccc2)NC2CCOC2)cc1. The van der Waals surface area contributed by atoms with E-state index in [-0.39, 0.29) is 0 Å². The van der Waals surface area contributed by atoms with E-state index in [1.54, 1.807) is 0 Å². The molecule has 0 spiro atoms. The van der Waals surface area contributed by atoms with Crippen molar-refractivity contribution < 1.29 is 4.74 Å². The normalized spacial score (nSPS) is 18.2. The quantitative estimate of drug-likeness (QED) is 0.878. The zero-order valence-corrected chi connectivity index (χ0v) is 12.4. The second kappa shape index (κ2) is 7.39. The van der Waals surface area contributed by atoms with Gasteiger partial charge in [-0.15, -0.1) is 0 Å². The third-order valence-corrected chi connectivity index (χ3v) is 4.05. The van der Waals surface area contributed by atoms with Crippen LogP contribution in [0.2, 0.25) is 0 Å². The molecule has 1 fully saturated rings. The molecule has 0 saturated carbocycles. The number of nitrogens with one attached hydrogen (secondary N) is 1. The van der Waals surface area contributed by atoms with Gasteiger partial charge in [0.2, 0.25) is 0 Å². The molecule has 0 radical (unpaired) electrons. The Morgan fingerprint density at radius 1 is 0.905 bits per heavy atom. The van der Waals surface area contributed by atoms with Gasteiger partial charge in [0.15, 0.2) is 0 Å². The Kier molecular flexibility index (Phi) is 5.03. The van der Waals surface area contributed by atoms with E-state index in [1.165, 1.54) is 11.1 Å². The van der Waals surface area contributed by atoms with Crippen LogP contribution in [0.4, 0.5) is 0 Å². The minimum absolute atomic E-state index is 0.460. The minimum Gasteiger partial charge on any atom is -0.380 e. The van der Waals surface area contributed by atoms with E-state index in [1.807, 2.05) is 0 Å². The Morgan fingerprint density at radius 2 is 1.48 bits per heavy atom. The Hall–Kier alpha value is -1.64. The van der Waals surface area contributed by atoms with Gasteiger partial charge in [-0.2, -0.15) is 0 Å². The molecule has 2 heteroatoms. The highest BCUT2D eigenvalue weighted by molar-refractivity contribution is 5.19. The van der Waals surface area contributed by atoms with Gasteiger partial charge in [0.25, 0.3) is 0 Å². The van der Waals surface area contributed by atoms with Gasteiger partial charge in [-0.25, -0.2) is 0 Å². The molecule has 1 saturated heterocycles. The van der Waals surface area contributed by atoms with Gasteiger partial charge in [0, 0.05) is 18.7 Å². The molecule has 1 aliphatic rings. The Morgan fingerprint density at radius 3 is 1.95 bits per heavy atom. The maximum Gasteiger partial charge on any atom is 0.0620 e. The highest BCUT2D eigenvalue weighted by Crippen LogP contribution is 2.12. The van der Waals surface area contributed by atoms with Gasteiger partial charge in [0.1, 0.15) is 0 Å². The molecule has 0 bridgehead atoms. The summed E-state index contributed by atoms with van der Waals surface area (Å²) in [5.74, 6) is 0. The van der Waals surface area contributed by atoms with Crippen molar-refractivity contribution in [3.8, 4) is 0 Å². The third-order valence-electron chi connectivity index (χ3n) is 4.05. The van der Waals surface area contributed by atoms with Gasteiger partial charge in [-0.1, -0.05) is 60.7 Å². The fourth-order valence-corrected chi connectivity index (χ4v) is 2.99. The molecular formula is C19H23NO. The van der Waals surface area contributed by atoms with Crippen molar-refractivity contribution in [2.75, 3.05) is 13.2 Å². The van der Waals surface area contributed by atoms with Crippen LogP contribution in [0.3, 0.4) is 0 Å². The lowest BCUT2D eigenvalue weighted by Crippen LogP contribution is -2.41. The molecular weight excluding hydrogens is 258 g/mol. The first-order valence-electron chi connectivity index (χ1n) is 7.82. The standard InChI is InChI=1S/C19H23NO/c1-3-7-16(8-4-1)13-19(20-18-11-12-21-15-18)14-17-9-5-2-6-10-17/h1-10,18-20H,11-15H2. The molecule has 0 amide bonds. The number of rotatable bonds is 6. The minimum atomic E-state index is 0.460. The summed E-state index contributed by atoms with van der Waals surface area (Å²) in [6, 6.07) is 22.4. The van der Waals surface area contributed by atoms with Crippen LogP contribution < -0.4 is 5.32 Å². The molecule has 0 aromatic heterocycles. The molecule has 1 N–H and O–H groups in total. The molecule has 2 aromatic carbocycles. The molecule has 2 nitrogen and oxygen atoms in total. The molecule has 3 rings (SSSR count). The summed E-state index contributed by atoms with van der Waals surface area (Å²) in [4.78, 5) is 0. The van der Waals surface area contributed by atoms with E-state index >= 15 is 0 Å².